The van der Waals surface area contributed by atoms with Gasteiger partial charge < -0.3 is 14.4 Å². The van der Waals surface area contributed by atoms with Crippen LogP contribution in [0.5, 0.6) is 5.75 Å². The summed E-state index contributed by atoms with van der Waals surface area (Å²) in [7, 11) is 0. The lowest BCUT2D eigenvalue weighted by atomic mass is 10.0. The first kappa shape index (κ1) is 18.9. The molecule has 9 heteroatoms. The number of alkyl halides is 2. The van der Waals surface area contributed by atoms with Crippen LogP contribution in [0.25, 0.3) is 0 Å². The minimum absolute atomic E-state index is 0.199. The maximum absolute atomic E-state index is 13.8. The molecule has 0 amide bonds. The van der Waals surface area contributed by atoms with Gasteiger partial charge in [0.1, 0.15) is 5.69 Å². The fraction of sp³-hybridized carbons (Fsp3) is 0.333. The Morgan fingerprint density at radius 3 is 2.74 bits per heavy atom. The molecule has 1 aliphatic rings. The number of hydrogen-bond donors (Lipinski definition) is 0. The molecule has 2 heterocycles. The monoisotopic (exact) mass is 384 g/mol. The third-order valence-corrected chi connectivity index (χ3v) is 4.14. The molecule has 0 radical (unpaired) electrons. The van der Waals surface area contributed by atoms with Crippen molar-refractivity contribution < 1.29 is 31.8 Å². The number of aromatic nitrogens is 1. The first-order chi connectivity index (χ1) is 12.9. The van der Waals surface area contributed by atoms with Gasteiger partial charge in [-0.3, -0.25) is 0 Å². The molecule has 0 saturated carbocycles. The molecule has 2 aromatic rings. The number of hydrogen-bond acceptors (Lipinski definition) is 5. The lowest BCUT2D eigenvalue weighted by Crippen LogP contribution is -2.31. The summed E-state index contributed by atoms with van der Waals surface area (Å²) in [4.78, 5) is 17.5. The molecule has 1 aliphatic heterocycles. The Bertz CT molecular complexity index is 861. The van der Waals surface area contributed by atoms with Gasteiger partial charge in [0.05, 0.1) is 6.61 Å². The molecule has 0 aliphatic carbocycles. The number of esters is 1. The average molecular weight is 384 g/mol. The van der Waals surface area contributed by atoms with E-state index in [0.29, 0.717) is 19.5 Å². The molecule has 27 heavy (non-hydrogen) atoms. The zero-order chi connectivity index (χ0) is 19.6. The van der Waals surface area contributed by atoms with Crippen molar-refractivity contribution >= 4 is 11.7 Å². The van der Waals surface area contributed by atoms with Gasteiger partial charge in [0.25, 0.3) is 0 Å². The maximum atomic E-state index is 13.8. The van der Waals surface area contributed by atoms with Crippen molar-refractivity contribution in [1.82, 2.24) is 4.98 Å². The number of pyridine rings is 1. The number of nitrogens with zero attached hydrogens (tertiary/aromatic N) is 2. The molecular formula is C18H16F4N2O3. The number of carbonyl (C=O) groups is 1. The molecule has 0 atom stereocenters. The first-order valence-corrected chi connectivity index (χ1v) is 8.22. The van der Waals surface area contributed by atoms with Crippen molar-refractivity contribution in [2.24, 2.45) is 0 Å². The van der Waals surface area contributed by atoms with E-state index in [1.165, 1.54) is 6.20 Å². The first-order valence-electron chi connectivity index (χ1n) is 8.22. The van der Waals surface area contributed by atoms with Gasteiger partial charge in [-0.05, 0) is 30.5 Å². The van der Waals surface area contributed by atoms with Gasteiger partial charge >= 0.3 is 12.6 Å². The molecule has 3 rings (SSSR count). The molecule has 0 spiro atoms. The highest BCUT2D eigenvalue weighted by molar-refractivity contribution is 5.87. The third-order valence-electron chi connectivity index (χ3n) is 4.14. The van der Waals surface area contributed by atoms with Gasteiger partial charge in [0.15, 0.2) is 11.6 Å². The van der Waals surface area contributed by atoms with E-state index >= 15 is 0 Å². The van der Waals surface area contributed by atoms with Gasteiger partial charge in [-0.25, -0.2) is 14.2 Å². The lowest BCUT2D eigenvalue weighted by molar-refractivity contribution is -0.0524. The predicted octanol–water partition coefficient (Wildman–Crippen LogP) is 3.70. The SMILES string of the molecule is CCOC(=O)c1cc2c(cn1)CN(c1cc(F)c(F)c(OC(F)F)c1)CC2. The van der Waals surface area contributed by atoms with E-state index in [4.69, 9.17) is 4.74 Å². The van der Waals surface area contributed by atoms with Crippen LogP contribution in [0, 0.1) is 11.6 Å². The maximum Gasteiger partial charge on any atom is 0.387 e. The van der Waals surface area contributed by atoms with Gasteiger partial charge in [-0.15, -0.1) is 0 Å². The summed E-state index contributed by atoms with van der Waals surface area (Å²) in [5.41, 5.74) is 2.08. The summed E-state index contributed by atoms with van der Waals surface area (Å²) in [6, 6.07) is 3.61. The second-order valence-corrected chi connectivity index (χ2v) is 5.85. The van der Waals surface area contributed by atoms with E-state index < -0.39 is 30.0 Å². The molecule has 144 valence electrons. The molecule has 1 aromatic carbocycles. The molecule has 5 nitrogen and oxygen atoms in total. The number of fused-ring (bicyclic) bond motifs is 1. The summed E-state index contributed by atoms with van der Waals surface area (Å²) < 4.78 is 61.1. The predicted molar refractivity (Wildman–Crippen MR) is 87.9 cm³/mol. The summed E-state index contributed by atoms with van der Waals surface area (Å²) >= 11 is 0. The van der Waals surface area contributed by atoms with E-state index in [0.717, 1.165) is 23.3 Å². The van der Waals surface area contributed by atoms with Crippen LogP contribution >= 0.6 is 0 Å². The molecule has 0 bridgehead atoms. The Balaban J connectivity index is 1.84. The van der Waals surface area contributed by atoms with Crippen molar-refractivity contribution in [2.75, 3.05) is 18.1 Å². The number of benzene rings is 1. The second kappa shape index (κ2) is 7.81. The molecule has 0 unspecified atom stereocenters. The van der Waals surface area contributed by atoms with E-state index in [2.05, 4.69) is 9.72 Å². The largest absolute Gasteiger partial charge is 0.461 e. The zero-order valence-electron chi connectivity index (χ0n) is 14.3. The molecule has 0 N–H and O–H groups in total. The standard InChI is InChI=1S/C18H16F4N2O3/c1-2-26-17(25)14-5-10-3-4-24(9-11(10)8-23-14)12-6-13(19)16(20)15(7-12)27-18(21)22/h5-8,18H,2-4,9H2,1H3. The van der Waals surface area contributed by atoms with Crippen LogP contribution in [0.15, 0.2) is 24.4 Å². The van der Waals surface area contributed by atoms with Crippen molar-refractivity contribution in [1.29, 1.82) is 0 Å². The average Bonchev–Trinajstić information content (AvgIpc) is 2.64. The molecule has 0 fully saturated rings. The number of carbonyl (C=O) groups excluding carboxylic acids is 1. The van der Waals surface area contributed by atoms with Crippen LogP contribution in [-0.2, 0) is 17.7 Å². The minimum Gasteiger partial charge on any atom is -0.461 e. The normalized spacial score (nSPS) is 13.5. The van der Waals surface area contributed by atoms with Crippen molar-refractivity contribution in [2.45, 2.75) is 26.5 Å². The topological polar surface area (TPSA) is 51.7 Å². The fourth-order valence-electron chi connectivity index (χ4n) is 2.89. The third kappa shape index (κ3) is 4.12. The van der Waals surface area contributed by atoms with Crippen LogP contribution in [0.2, 0.25) is 0 Å². The Kier molecular flexibility index (Phi) is 5.48. The van der Waals surface area contributed by atoms with Gasteiger partial charge in [-0.1, -0.05) is 0 Å². The number of rotatable bonds is 5. The summed E-state index contributed by atoms with van der Waals surface area (Å²) in [5.74, 6) is -4.10. The summed E-state index contributed by atoms with van der Waals surface area (Å²) in [6.07, 6.45) is 2.03. The molecule has 0 saturated heterocycles. The van der Waals surface area contributed by atoms with Crippen LogP contribution in [0.3, 0.4) is 0 Å². The minimum atomic E-state index is -3.26. The zero-order valence-corrected chi connectivity index (χ0v) is 14.3. The molecular weight excluding hydrogens is 368 g/mol. The number of anilines is 1. The summed E-state index contributed by atoms with van der Waals surface area (Å²) in [6.45, 7) is -0.614. The highest BCUT2D eigenvalue weighted by Gasteiger charge is 2.23. The van der Waals surface area contributed by atoms with E-state index in [-0.39, 0.29) is 18.0 Å². The van der Waals surface area contributed by atoms with E-state index in [1.54, 1.807) is 17.9 Å². The number of halogens is 4. The van der Waals surface area contributed by atoms with E-state index in [9.17, 15) is 22.4 Å². The number of ether oxygens (including phenoxy) is 2. The van der Waals surface area contributed by atoms with Crippen molar-refractivity contribution in [3.8, 4) is 5.75 Å². The fourth-order valence-corrected chi connectivity index (χ4v) is 2.89. The quantitative estimate of drug-likeness (QED) is 0.581. The van der Waals surface area contributed by atoms with Crippen LogP contribution in [-0.4, -0.2) is 30.7 Å². The van der Waals surface area contributed by atoms with Gasteiger partial charge in [0, 0.05) is 37.1 Å². The van der Waals surface area contributed by atoms with Gasteiger partial charge in [-0.2, -0.15) is 13.2 Å². The van der Waals surface area contributed by atoms with Crippen LogP contribution in [0.4, 0.5) is 23.2 Å². The highest BCUT2D eigenvalue weighted by atomic mass is 19.3. The highest BCUT2D eigenvalue weighted by Crippen LogP contribution is 2.31. The Morgan fingerprint density at radius 2 is 2.04 bits per heavy atom. The smallest absolute Gasteiger partial charge is 0.387 e. The second-order valence-electron chi connectivity index (χ2n) is 5.85. The lowest BCUT2D eigenvalue weighted by Gasteiger charge is -2.31. The van der Waals surface area contributed by atoms with Crippen LogP contribution < -0.4 is 9.64 Å². The Hall–Kier alpha value is -2.84. The Morgan fingerprint density at radius 1 is 1.26 bits per heavy atom. The van der Waals surface area contributed by atoms with Gasteiger partial charge in [0.2, 0.25) is 5.82 Å². The Labute approximate surface area is 152 Å². The van der Waals surface area contributed by atoms with Crippen LogP contribution in [0.1, 0.15) is 28.5 Å². The molecule has 1 aromatic heterocycles. The van der Waals surface area contributed by atoms with Crippen molar-refractivity contribution in [3.63, 3.8) is 0 Å². The summed E-state index contributed by atoms with van der Waals surface area (Å²) in [5, 5.41) is 0. The van der Waals surface area contributed by atoms with Crippen molar-refractivity contribution in [3.05, 3.63) is 52.9 Å². The van der Waals surface area contributed by atoms with E-state index in [1.807, 2.05) is 0 Å².